The fourth-order valence-corrected chi connectivity index (χ4v) is 4.53. The van der Waals surface area contributed by atoms with Crippen LogP contribution >= 0.6 is 0 Å². The molecule has 29 heavy (non-hydrogen) atoms. The van der Waals surface area contributed by atoms with Crippen LogP contribution in [-0.4, -0.2) is 42.2 Å². The summed E-state index contributed by atoms with van der Waals surface area (Å²) in [4.78, 5) is 4.94. The zero-order valence-corrected chi connectivity index (χ0v) is 18.2. The summed E-state index contributed by atoms with van der Waals surface area (Å²) in [5, 5.41) is 4.49. The number of nitrogens with zero attached hydrogens (tertiary/aromatic N) is 3. The van der Waals surface area contributed by atoms with Crippen LogP contribution in [0.15, 0.2) is 40.1 Å². The van der Waals surface area contributed by atoms with Crippen molar-refractivity contribution in [2.45, 2.75) is 43.5 Å². The molecule has 0 radical (unpaired) electrons. The van der Waals surface area contributed by atoms with Gasteiger partial charge in [-0.25, -0.2) is 17.9 Å². The standard InChI is InChI=1S/C17H20N4O2S.CH4O3S/c1-4-15-16(24(22,23)13-8-6-5-7-9-13)17-19-11(2)14(10-18)12(3)21(17)20-15;1-5(2,3)4/h5-9H,4,10,18H2,1-3H3;1H3,(H,2,3,4). The third-order valence-corrected chi connectivity index (χ3v) is 6.06. The summed E-state index contributed by atoms with van der Waals surface area (Å²) in [6.45, 7) is 5.95. The summed E-state index contributed by atoms with van der Waals surface area (Å²) in [5.74, 6) is 0. The van der Waals surface area contributed by atoms with Gasteiger partial charge in [0, 0.05) is 23.5 Å². The highest BCUT2D eigenvalue weighted by molar-refractivity contribution is 7.91. The first kappa shape index (κ1) is 22.9. The summed E-state index contributed by atoms with van der Waals surface area (Å²) in [7, 11) is -7.36. The van der Waals surface area contributed by atoms with Gasteiger partial charge in [-0.05, 0) is 32.4 Å². The van der Waals surface area contributed by atoms with E-state index < -0.39 is 20.0 Å². The second-order valence-corrected chi connectivity index (χ2v) is 9.73. The van der Waals surface area contributed by atoms with Crippen molar-refractivity contribution in [3.8, 4) is 0 Å². The van der Waals surface area contributed by atoms with Gasteiger partial charge >= 0.3 is 0 Å². The number of sulfone groups is 1. The summed E-state index contributed by atoms with van der Waals surface area (Å²) in [6.07, 6.45) is 1.22. The Morgan fingerprint density at radius 3 is 2.14 bits per heavy atom. The molecule has 1 aromatic carbocycles. The van der Waals surface area contributed by atoms with Crippen LogP contribution in [0.4, 0.5) is 0 Å². The smallest absolute Gasteiger partial charge is 0.261 e. The minimum absolute atomic E-state index is 0.186. The van der Waals surface area contributed by atoms with Crippen molar-refractivity contribution in [3.05, 3.63) is 53.0 Å². The molecular formula is C18H24N4O5S2. The molecule has 0 amide bonds. The first-order valence-electron chi connectivity index (χ1n) is 8.72. The molecule has 0 aliphatic carbocycles. The second kappa shape index (κ2) is 8.57. The molecule has 3 N–H and O–H groups in total. The first-order valence-corrected chi connectivity index (χ1v) is 12.0. The van der Waals surface area contributed by atoms with Gasteiger partial charge in [0.1, 0.15) is 4.90 Å². The highest BCUT2D eigenvalue weighted by atomic mass is 32.2. The van der Waals surface area contributed by atoms with Crippen LogP contribution in [0, 0.1) is 13.8 Å². The number of hydrogen-bond donors (Lipinski definition) is 2. The summed E-state index contributed by atoms with van der Waals surface area (Å²) < 4.78 is 53.8. The monoisotopic (exact) mass is 440 g/mol. The van der Waals surface area contributed by atoms with E-state index in [1.54, 1.807) is 34.8 Å². The molecule has 0 unspecified atom stereocenters. The van der Waals surface area contributed by atoms with Gasteiger partial charge in [0.25, 0.3) is 10.1 Å². The minimum Gasteiger partial charge on any atom is -0.326 e. The number of rotatable bonds is 4. The minimum atomic E-state index is -3.70. The maximum atomic E-state index is 13.1. The van der Waals surface area contributed by atoms with E-state index in [2.05, 4.69) is 10.1 Å². The van der Waals surface area contributed by atoms with Crippen LogP contribution in [0.2, 0.25) is 0 Å². The zero-order valence-electron chi connectivity index (χ0n) is 16.6. The topological polar surface area (TPSA) is 145 Å². The Bertz CT molecular complexity index is 1230. The van der Waals surface area contributed by atoms with E-state index in [1.165, 1.54) is 0 Å². The molecule has 0 aliphatic heterocycles. The lowest BCUT2D eigenvalue weighted by atomic mass is 10.2. The van der Waals surface area contributed by atoms with E-state index in [0.717, 1.165) is 17.0 Å². The third kappa shape index (κ3) is 4.99. The second-order valence-electron chi connectivity index (χ2n) is 6.38. The van der Waals surface area contributed by atoms with Crippen molar-refractivity contribution in [1.82, 2.24) is 14.6 Å². The number of benzene rings is 1. The fourth-order valence-electron chi connectivity index (χ4n) is 2.91. The zero-order chi connectivity index (χ0) is 22.0. The van der Waals surface area contributed by atoms with Crippen LogP contribution in [-0.2, 0) is 32.9 Å². The Kier molecular flexibility index (Phi) is 6.78. The normalized spacial score (nSPS) is 11.9. The lowest BCUT2D eigenvalue weighted by Gasteiger charge is -2.09. The predicted molar refractivity (Wildman–Crippen MR) is 109 cm³/mol. The molecule has 0 aliphatic rings. The molecule has 0 fully saturated rings. The van der Waals surface area contributed by atoms with Gasteiger partial charge in [-0.3, -0.25) is 4.55 Å². The average molecular weight is 441 g/mol. The van der Waals surface area contributed by atoms with E-state index in [0.29, 0.717) is 30.6 Å². The lowest BCUT2D eigenvalue weighted by molar-refractivity contribution is 0.490. The molecule has 0 saturated carbocycles. The maximum Gasteiger partial charge on any atom is 0.261 e. The molecule has 0 atom stereocenters. The molecule has 9 nitrogen and oxygen atoms in total. The summed E-state index contributed by atoms with van der Waals surface area (Å²) in [5.41, 5.74) is 9.12. The van der Waals surface area contributed by atoms with Crippen LogP contribution < -0.4 is 5.73 Å². The number of fused-ring (bicyclic) bond motifs is 1. The number of nitrogens with two attached hydrogens (primary N) is 1. The van der Waals surface area contributed by atoms with Gasteiger partial charge in [-0.1, -0.05) is 25.1 Å². The Balaban J connectivity index is 0.000000537. The molecule has 11 heteroatoms. The molecular weight excluding hydrogens is 416 g/mol. The quantitative estimate of drug-likeness (QED) is 0.583. The predicted octanol–water partition coefficient (Wildman–Crippen LogP) is 1.70. The van der Waals surface area contributed by atoms with Crippen LogP contribution in [0.5, 0.6) is 0 Å². The van der Waals surface area contributed by atoms with Crippen molar-refractivity contribution < 1.29 is 21.4 Å². The fraction of sp³-hybridized carbons (Fsp3) is 0.333. The van der Waals surface area contributed by atoms with Crippen LogP contribution in [0.25, 0.3) is 5.65 Å². The van der Waals surface area contributed by atoms with E-state index in [1.807, 2.05) is 20.8 Å². The summed E-state index contributed by atoms with van der Waals surface area (Å²) in [6, 6.07) is 8.38. The van der Waals surface area contributed by atoms with Gasteiger partial charge in [-0.15, -0.1) is 0 Å². The van der Waals surface area contributed by atoms with E-state index in [-0.39, 0.29) is 9.79 Å². The Morgan fingerprint density at radius 1 is 1.10 bits per heavy atom. The molecule has 2 heterocycles. The van der Waals surface area contributed by atoms with Gasteiger partial charge < -0.3 is 5.73 Å². The lowest BCUT2D eigenvalue weighted by Crippen LogP contribution is -2.10. The summed E-state index contributed by atoms with van der Waals surface area (Å²) >= 11 is 0. The largest absolute Gasteiger partial charge is 0.326 e. The number of hydrogen-bond acceptors (Lipinski definition) is 7. The molecule has 0 spiro atoms. The number of aromatic nitrogens is 3. The molecule has 158 valence electrons. The Hall–Kier alpha value is -2.34. The van der Waals surface area contributed by atoms with Crippen molar-refractivity contribution >= 4 is 25.6 Å². The van der Waals surface area contributed by atoms with E-state index in [9.17, 15) is 16.8 Å². The first-order chi connectivity index (χ1) is 13.4. The molecule has 0 saturated heterocycles. The van der Waals surface area contributed by atoms with Crippen LogP contribution in [0.1, 0.15) is 29.6 Å². The van der Waals surface area contributed by atoms with E-state index in [4.69, 9.17) is 10.3 Å². The average Bonchev–Trinajstić information content (AvgIpc) is 3.01. The molecule has 0 bridgehead atoms. The molecule has 3 aromatic rings. The van der Waals surface area contributed by atoms with E-state index >= 15 is 0 Å². The van der Waals surface area contributed by atoms with Crippen molar-refractivity contribution in [2.24, 2.45) is 5.73 Å². The van der Waals surface area contributed by atoms with Crippen molar-refractivity contribution in [2.75, 3.05) is 6.26 Å². The highest BCUT2D eigenvalue weighted by Gasteiger charge is 2.28. The van der Waals surface area contributed by atoms with Crippen LogP contribution in [0.3, 0.4) is 0 Å². The van der Waals surface area contributed by atoms with Gasteiger partial charge in [-0.2, -0.15) is 13.5 Å². The Labute approximate surface area is 170 Å². The SMILES string of the molecule is CCc1nn2c(C)c(CN)c(C)nc2c1S(=O)(=O)c1ccccc1.CS(=O)(=O)O. The van der Waals surface area contributed by atoms with Gasteiger partial charge in [0.2, 0.25) is 9.84 Å². The van der Waals surface area contributed by atoms with Gasteiger partial charge in [0.05, 0.1) is 16.8 Å². The molecule has 3 rings (SSSR count). The Morgan fingerprint density at radius 2 is 1.66 bits per heavy atom. The van der Waals surface area contributed by atoms with Gasteiger partial charge in [0.15, 0.2) is 5.65 Å². The number of aryl methyl sites for hydroxylation is 3. The maximum absolute atomic E-state index is 13.1. The third-order valence-electron chi connectivity index (χ3n) is 4.21. The highest BCUT2D eigenvalue weighted by Crippen LogP contribution is 2.29. The molecule has 2 aromatic heterocycles. The van der Waals surface area contributed by atoms with Crippen molar-refractivity contribution in [3.63, 3.8) is 0 Å². The van der Waals surface area contributed by atoms with Crippen molar-refractivity contribution in [1.29, 1.82) is 0 Å².